The molecule has 0 bridgehead atoms. The largest absolute Gasteiger partial charge is 0.354 e. The van der Waals surface area contributed by atoms with Gasteiger partial charge in [-0.05, 0) is 30.9 Å². The van der Waals surface area contributed by atoms with Crippen molar-refractivity contribution in [2.75, 3.05) is 6.54 Å². The number of benzene rings is 2. The number of hydrogen-bond acceptors (Lipinski definition) is 2. The SMILES string of the molecule is CCCC(C)(N)C(=O)NCCC(c1ccccc1)c1ccccc1.Cl. The molecule has 3 nitrogen and oxygen atoms in total. The molecule has 4 heteroatoms. The van der Waals surface area contributed by atoms with E-state index in [1.807, 2.05) is 19.1 Å². The summed E-state index contributed by atoms with van der Waals surface area (Å²) < 4.78 is 0. The number of nitrogens with two attached hydrogens (primary N) is 1. The van der Waals surface area contributed by atoms with Gasteiger partial charge in [0.25, 0.3) is 0 Å². The molecule has 25 heavy (non-hydrogen) atoms. The molecular formula is C21H29ClN2O. The van der Waals surface area contributed by atoms with Gasteiger partial charge in [0.2, 0.25) is 5.91 Å². The van der Waals surface area contributed by atoms with Crippen LogP contribution in [0.15, 0.2) is 60.7 Å². The van der Waals surface area contributed by atoms with Crippen molar-refractivity contribution in [3.63, 3.8) is 0 Å². The summed E-state index contributed by atoms with van der Waals surface area (Å²) in [6.07, 6.45) is 2.44. The maximum Gasteiger partial charge on any atom is 0.239 e. The van der Waals surface area contributed by atoms with Crippen LogP contribution >= 0.6 is 12.4 Å². The van der Waals surface area contributed by atoms with Gasteiger partial charge in [-0.1, -0.05) is 74.0 Å². The molecule has 0 aliphatic heterocycles. The van der Waals surface area contributed by atoms with E-state index in [1.54, 1.807) is 6.92 Å². The molecule has 0 aliphatic rings. The van der Waals surface area contributed by atoms with Crippen LogP contribution in [0.2, 0.25) is 0 Å². The van der Waals surface area contributed by atoms with Gasteiger partial charge in [0.1, 0.15) is 0 Å². The molecule has 0 fully saturated rings. The lowest BCUT2D eigenvalue weighted by molar-refractivity contribution is -0.126. The maximum atomic E-state index is 12.3. The summed E-state index contributed by atoms with van der Waals surface area (Å²) >= 11 is 0. The molecule has 0 aliphatic carbocycles. The van der Waals surface area contributed by atoms with Crippen LogP contribution < -0.4 is 11.1 Å². The monoisotopic (exact) mass is 360 g/mol. The summed E-state index contributed by atoms with van der Waals surface area (Å²) in [5, 5.41) is 3.01. The standard InChI is InChI=1S/C21H28N2O.ClH/c1-3-15-21(2,22)20(24)23-16-14-19(17-10-6-4-7-11-17)18-12-8-5-9-13-18;/h4-13,19H,3,14-16,22H2,1-2H3,(H,23,24);1H. The minimum Gasteiger partial charge on any atom is -0.354 e. The lowest BCUT2D eigenvalue weighted by Crippen LogP contribution is -2.51. The maximum absolute atomic E-state index is 12.3. The Morgan fingerprint density at radius 3 is 1.96 bits per heavy atom. The summed E-state index contributed by atoms with van der Waals surface area (Å²) in [4.78, 5) is 12.3. The first-order valence-electron chi connectivity index (χ1n) is 8.71. The fraction of sp³-hybridized carbons (Fsp3) is 0.381. The van der Waals surface area contributed by atoms with Crippen LogP contribution in [0.5, 0.6) is 0 Å². The van der Waals surface area contributed by atoms with Crippen molar-refractivity contribution in [3.8, 4) is 0 Å². The number of rotatable bonds is 8. The van der Waals surface area contributed by atoms with Crippen LogP contribution in [0.1, 0.15) is 50.2 Å². The minimum atomic E-state index is -0.788. The van der Waals surface area contributed by atoms with E-state index in [9.17, 15) is 4.79 Å². The smallest absolute Gasteiger partial charge is 0.239 e. The molecule has 2 aromatic carbocycles. The van der Waals surface area contributed by atoms with Gasteiger partial charge in [-0.3, -0.25) is 4.79 Å². The second-order valence-corrected chi connectivity index (χ2v) is 6.59. The third-order valence-electron chi connectivity index (χ3n) is 4.41. The minimum absolute atomic E-state index is 0. The average Bonchev–Trinajstić information content (AvgIpc) is 2.60. The Labute approximate surface area is 157 Å². The highest BCUT2D eigenvalue weighted by Gasteiger charge is 2.26. The highest BCUT2D eigenvalue weighted by molar-refractivity contribution is 5.85. The zero-order valence-corrected chi connectivity index (χ0v) is 15.9. The molecule has 2 rings (SSSR count). The van der Waals surface area contributed by atoms with E-state index in [0.717, 1.165) is 12.8 Å². The van der Waals surface area contributed by atoms with Gasteiger partial charge >= 0.3 is 0 Å². The lowest BCUT2D eigenvalue weighted by Gasteiger charge is -2.24. The van der Waals surface area contributed by atoms with E-state index < -0.39 is 5.54 Å². The van der Waals surface area contributed by atoms with E-state index in [4.69, 9.17) is 5.73 Å². The lowest BCUT2D eigenvalue weighted by atomic mass is 9.88. The summed E-state index contributed by atoms with van der Waals surface area (Å²) in [5.41, 5.74) is 7.84. The van der Waals surface area contributed by atoms with Gasteiger partial charge < -0.3 is 11.1 Å². The second-order valence-electron chi connectivity index (χ2n) is 6.59. The zero-order valence-electron chi connectivity index (χ0n) is 15.1. The van der Waals surface area contributed by atoms with E-state index in [-0.39, 0.29) is 24.2 Å². The Hall–Kier alpha value is -1.84. The molecule has 1 amide bonds. The molecule has 1 atom stereocenters. The first kappa shape index (κ1) is 21.2. The number of amides is 1. The first-order chi connectivity index (χ1) is 11.5. The predicted octanol–water partition coefficient (Wildman–Crippen LogP) is 4.26. The van der Waals surface area contributed by atoms with Gasteiger partial charge in [-0.25, -0.2) is 0 Å². The average molecular weight is 361 g/mol. The summed E-state index contributed by atoms with van der Waals surface area (Å²) in [5.74, 6) is 0.201. The van der Waals surface area contributed by atoms with Crippen molar-refractivity contribution >= 4 is 18.3 Å². The van der Waals surface area contributed by atoms with Crippen LogP contribution in [0.25, 0.3) is 0 Å². The van der Waals surface area contributed by atoms with Crippen molar-refractivity contribution in [1.82, 2.24) is 5.32 Å². The van der Waals surface area contributed by atoms with Crippen molar-refractivity contribution in [2.24, 2.45) is 5.73 Å². The fourth-order valence-electron chi connectivity index (χ4n) is 3.06. The number of halogens is 1. The number of hydrogen-bond donors (Lipinski definition) is 2. The topological polar surface area (TPSA) is 55.1 Å². The van der Waals surface area contributed by atoms with Crippen molar-refractivity contribution in [1.29, 1.82) is 0 Å². The number of nitrogens with one attached hydrogen (secondary N) is 1. The van der Waals surface area contributed by atoms with Gasteiger partial charge in [0, 0.05) is 12.5 Å². The molecule has 0 saturated heterocycles. The molecule has 0 heterocycles. The Morgan fingerprint density at radius 1 is 1.04 bits per heavy atom. The van der Waals surface area contributed by atoms with Gasteiger partial charge in [0.15, 0.2) is 0 Å². The Bertz CT molecular complexity index is 589. The molecule has 136 valence electrons. The molecule has 0 radical (unpaired) electrons. The molecule has 0 spiro atoms. The van der Waals surface area contributed by atoms with Crippen molar-refractivity contribution in [2.45, 2.75) is 44.6 Å². The van der Waals surface area contributed by atoms with E-state index in [0.29, 0.717) is 13.0 Å². The summed E-state index contributed by atoms with van der Waals surface area (Å²) in [6, 6.07) is 20.9. The Kier molecular flexibility index (Phi) is 8.67. The summed E-state index contributed by atoms with van der Waals surface area (Å²) in [6.45, 7) is 4.46. The second kappa shape index (κ2) is 10.2. The van der Waals surface area contributed by atoms with Crippen LogP contribution in [-0.4, -0.2) is 18.0 Å². The van der Waals surface area contributed by atoms with Crippen LogP contribution in [0.3, 0.4) is 0 Å². The van der Waals surface area contributed by atoms with Crippen LogP contribution in [0.4, 0.5) is 0 Å². The van der Waals surface area contributed by atoms with Crippen LogP contribution in [-0.2, 0) is 4.79 Å². The fourth-order valence-corrected chi connectivity index (χ4v) is 3.06. The van der Waals surface area contributed by atoms with E-state index >= 15 is 0 Å². The number of carbonyl (C=O) groups excluding carboxylic acids is 1. The molecule has 0 aromatic heterocycles. The zero-order chi connectivity index (χ0) is 17.4. The van der Waals surface area contributed by atoms with E-state index in [2.05, 4.69) is 53.8 Å². The third-order valence-corrected chi connectivity index (χ3v) is 4.41. The number of carbonyl (C=O) groups is 1. The third kappa shape index (κ3) is 6.18. The van der Waals surface area contributed by atoms with Crippen molar-refractivity contribution in [3.05, 3.63) is 71.8 Å². The Balaban J connectivity index is 0.00000312. The normalized spacial score (nSPS) is 13.0. The first-order valence-corrected chi connectivity index (χ1v) is 8.71. The van der Waals surface area contributed by atoms with Gasteiger partial charge in [-0.2, -0.15) is 0 Å². The molecule has 0 saturated carbocycles. The summed E-state index contributed by atoms with van der Waals surface area (Å²) in [7, 11) is 0. The molecule has 2 aromatic rings. The predicted molar refractivity (Wildman–Crippen MR) is 107 cm³/mol. The highest BCUT2D eigenvalue weighted by atomic mass is 35.5. The molecule has 1 unspecified atom stereocenters. The van der Waals surface area contributed by atoms with E-state index in [1.165, 1.54) is 11.1 Å². The Morgan fingerprint density at radius 2 is 1.52 bits per heavy atom. The van der Waals surface area contributed by atoms with Crippen LogP contribution in [0, 0.1) is 0 Å². The van der Waals surface area contributed by atoms with Crippen molar-refractivity contribution < 1.29 is 4.79 Å². The van der Waals surface area contributed by atoms with Gasteiger partial charge in [0.05, 0.1) is 5.54 Å². The van der Waals surface area contributed by atoms with Gasteiger partial charge in [-0.15, -0.1) is 12.4 Å². The quantitative estimate of drug-likeness (QED) is 0.738. The highest BCUT2D eigenvalue weighted by Crippen LogP contribution is 2.27. The molecular weight excluding hydrogens is 332 g/mol. The molecule has 3 N–H and O–H groups in total.